The van der Waals surface area contributed by atoms with Crippen molar-refractivity contribution in [3.63, 3.8) is 0 Å². The highest BCUT2D eigenvalue weighted by molar-refractivity contribution is 6.17. The lowest BCUT2D eigenvalue weighted by atomic mass is 10.1. The average Bonchev–Trinajstić information content (AvgIpc) is 3.15. The summed E-state index contributed by atoms with van der Waals surface area (Å²) in [6, 6.07) is 12.7. The van der Waals surface area contributed by atoms with Crippen molar-refractivity contribution in [3.05, 3.63) is 66.2 Å². The maximum atomic E-state index is 13.9. The highest BCUT2D eigenvalue weighted by Gasteiger charge is 2.20. The van der Waals surface area contributed by atoms with Crippen LogP contribution < -0.4 is 4.74 Å². The third kappa shape index (κ3) is 3.95. The standard InChI is InChI=1S/C19H15FN2O5/c1-24-11-14(18(23)25-2)12-7-4-6-10-16(12)26-19-21-17(22-27-19)13-8-3-5-9-15(13)20/h3-11H,1-2H3/b14-11-. The molecule has 0 radical (unpaired) electrons. The van der Waals surface area contributed by atoms with Gasteiger partial charge < -0.3 is 14.2 Å². The summed E-state index contributed by atoms with van der Waals surface area (Å²) in [4.78, 5) is 16.1. The van der Waals surface area contributed by atoms with Gasteiger partial charge in [-0.05, 0) is 18.2 Å². The molecule has 0 aliphatic rings. The Kier molecular flexibility index (Phi) is 5.46. The fourth-order valence-corrected chi connectivity index (χ4v) is 2.32. The summed E-state index contributed by atoms with van der Waals surface area (Å²) in [7, 11) is 2.67. The van der Waals surface area contributed by atoms with Crippen LogP contribution >= 0.6 is 0 Å². The third-order valence-corrected chi connectivity index (χ3v) is 3.54. The number of halogens is 1. The van der Waals surface area contributed by atoms with Crippen molar-refractivity contribution in [2.75, 3.05) is 14.2 Å². The molecule has 0 bridgehead atoms. The van der Waals surface area contributed by atoms with Crippen LogP contribution in [0.3, 0.4) is 0 Å². The maximum absolute atomic E-state index is 13.9. The first kappa shape index (κ1) is 18.1. The summed E-state index contributed by atoms with van der Waals surface area (Å²) in [6.45, 7) is 0. The Balaban J connectivity index is 1.93. The van der Waals surface area contributed by atoms with Crippen molar-refractivity contribution in [1.29, 1.82) is 0 Å². The number of nitrogens with zero attached hydrogens (tertiary/aromatic N) is 2. The molecule has 0 aliphatic carbocycles. The zero-order valence-electron chi connectivity index (χ0n) is 14.5. The van der Waals surface area contributed by atoms with E-state index in [2.05, 4.69) is 10.1 Å². The second-order valence-corrected chi connectivity index (χ2v) is 5.22. The Labute approximate surface area is 154 Å². The van der Waals surface area contributed by atoms with Crippen LogP contribution in [-0.2, 0) is 14.3 Å². The van der Waals surface area contributed by atoms with E-state index in [0.29, 0.717) is 5.56 Å². The second kappa shape index (κ2) is 8.13. The van der Waals surface area contributed by atoms with Gasteiger partial charge in [-0.1, -0.05) is 35.5 Å². The number of aromatic nitrogens is 2. The molecule has 3 aromatic rings. The van der Waals surface area contributed by atoms with Gasteiger partial charge in [0.05, 0.1) is 26.0 Å². The van der Waals surface area contributed by atoms with Crippen LogP contribution in [0.1, 0.15) is 5.56 Å². The summed E-state index contributed by atoms with van der Waals surface area (Å²) in [5.41, 5.74) is 0.722. The first-order chi connectivity index (χ1) is 13.1. The van der Waals surface area contributed by atoms with Crippen LogP contribution in [0.4, 0.5) is 4.39 Å². The van der Waals surface area contributed by atoms with Crippen molar-refractivity contribution in [2.24, 2.45) is 0 Å². The lowest BCUT2D eigenvalue weighted by Gasteiger charge is -2.10. The van der Waals surface area contributed by atoms with E-state index in [-0.39, 0.29) is 28.8 Å². The number of ether oxygens (including phenoxy) is 3. The van der Waals surface area contributed by atoms with Crippen molar-refractivity contribution in [1.82, 2.24) is 10.1 Å². The number of benzene rings is 2. The Morgan fingerprint density at radius 1 is 1.11 bits per heavy atom. The quantitative estimate of drug-likeness (QED) is 0.370. The van der Waals surface area contributed by atoms with Gasteiger partial charge in [0, 0.05) is 5.56 Å². The Morgan fingerprint density at radius 3 is 2.59 bits per heavy atom. The largest absolute Gasteiger partial charge is 0.503 e. The zero-order chi connectivity index (χ0) is 19.2. The molecule has 7 nitrogen and oxygen atoms in total. The van der Waals surface area contributed by atoms with Gasteiger partial charge in [-0.25, -0.2) is 9.18 Å². The van der Waals surface area contributed by atoms with Crippen molar-refractivity contribution in [2.45, 2.75) is 0 Å². The van der Waals surface area contributed by atoms with Gasteiger partial charge in [-0.2, -0.15) is 4.98 Å². The molecule has 0 atom stereocenters. The van der Waals surface area contributed by atoms with Crippen LogP contribution in [0, 0.1) is 5.82 Å². The molecule has 0 unspecified atom stereocenters. The van der Waals surface area contributed by atoms with E-state index in [1.165, 1.54) is 32.6 Å². The molecule has 3 rings (SSSR count). The summed E-state index contributed by atoms with van der Waals surface area (Å²) in [6.07, 6.45) is 1.04. The summed E-state index contributed by atoms with van der Waals surface area (Å²) in [5, 5.41) is 3.72. The minimum absolute atomic E-state index is 0.0428. The van der Waals surface area contributed by atoms with Crippen molar-refractivity contribution in [3.8, 4) is 23.2 Å². The van der Waals surface area contributed by atoms with Crippen LogP contribution in [0.15, 0.2) is 59.3 Å². The van der Waals surface area contributed by atoms with E-state index >= 15 is 0 Å². The number of carbonyl (C=O) groups is 1. The predicted molar refractivity (Wildman–Crippen MR) is 93.2 cm³/mol. The topological polar surface area (TPSA) is 83.7 Å². The van der Waals surface area contributed by atoms with E-state index in [0.717, 1.165) is 0 Å². The van der Waals surface area contributed by atoms with Crippen LogP contribution in [0.2, 0.25) is 0 Å². The number of methoxy groups -OCH3 is 2. The number of para-hydroxylation sites is 1. The lowest BCUT2D eigenvalue weighted by Crippen LogP contribution is -2.05. The number of carbonyl (C=O) groups excluding carboxylic acids is 1. The average molecular weight is 370 g/mol. The molecule has 0 amide bonds. The molecule has 0 saturated carbocycles. The van der Waals surface area contributed by atoms with Gasteiger partial charge >= 0.3 is 12.0 Å². The van der Waals surface area contributed by atoms with Gasteiger partial charge in [0.2, 0.25) is 5.82 Å². The second-order valence-electron chi connectivity index (χ2n) is 5.22. The predicted octanol–water partition coefficient (Wildman–Crippen LogP) is 3.83. The monoisotopic (exact) mass is 370 g/mol. The van der Waals surface area contributed by atoms with Crippen molar-refractivity contribution < 1.29 is 27.9 Å². The van der Waals surface area contributed by atoms with Crippen LogP contribution in [0.25, 0.3) is 17.0 Å². The molecular formula is C19H15FN2O5. The van der Waals surface area contributed by atoms with E-state index in [4.69, 9.17) is 18.7 Å². The van der Waals surface area contributed by atoms with Gasteiger partial charge in [0.15, 0.2) is 0 Å². The molecule has 1 heterocycles. The molecule has 1 aromatic heterocycles. The van der Waals surface area contributed by atoms with Gasteiger partial charge in [0.25, 0.3) is 0 Å². The molecule has 0 aliphatic heterocycles. The van der Waals surface area contributed by atoms with Gasteiger partial charge in [-0.3, -0.25) is 4.52 Å². The zero-order valence-corrected chi connectivity index (χ0v) is 14.5. The molecule has 0 fully saturated rings. The van der Waals surface area contributed by atoms with E-state index in [1.54, 1.807) is 36.4 Å². The molecule has 0 N–H and O–H groups in total. The molecule has 8 heteroatoms. The van der Waals surface area contributed by atoms with E-state index < -0.39 is 11.8 Å². The molecule has 138 valence electrons. The van der Waals surface area contributed by atoms with Gasteiger partial charge in [0.1, 0.15) is 17.1 Å². The fraction of sp³-hybridized carbons (Fsp3) is 0.105. The first-order valence-electron chi connectivity index (χ1n) is 7.81. The minimum Gasteiger partial charge on any atom is -0.503 e. The number of hydrogen-bond donors (Lipinski definition) is 0. The summed E-state index contributed by atoms with van der Waals surface area (Å²) in [5.74, 6) is -0.789. The molecule has 0 spiro atoms. The smallest absolute Gasteiger partial charge is 0.423 e. The Hall–Kier alpha value is -3.68. The minimum atomic E-state index is -0.606. The van der Waals surface area contributed by atoms with Gasteiger partial charge in [-0.15, -0.1) is 0 Å². The number of esters is 1. The summed E-state index contributed by atoms with van der Waals surface area (Å²) < 4.78 is 34.2. The normalized spacial score (nSPS) is 11.1. The highest BCUT2D eigenvalue weighted by atomic mass is 19.1. The fourth-order valence-electron chi connectivity index (χ4n) is 2.32. The third-order valence-electron chi connectivity index (χ3n) is 3.54. The molecular weight excluding hydrogens is 355 g/mol. The lowest BCUT2D eigenvalue weighted by molar-refractivity contribution is -0.133. The number of rotatable bonds is 6. The van der Waals surface area contributed by atoms with E-state index in [9.17, 15) is 9.18 Å². The summed E-state index contributed by atoms with van der Waals surface area (Å²) >= 11 is 0. The first-order valence-corrected chi connectivity index (χ1v) is 7.81. The van der Waals surface area contributed by atoms with Crippen LogP contribution in [0.5, 0.6) is 11.8 Å². The van der Waals surface area contributed by atoms with Crippen LogP contribution in [-0.4, -0.2) is 30.3 Å². The number of hydrogen-bond acceptors (Lipinski definition) is 7. The highest BCUT2D eigenvalue weighted by Crippen LogP contribution is 2.31. The SMILES string of the molecule is CO/C=C(\C(=O)OC)c1ccccc1Oc1nc(-c2ccccc2F)no1. The molecule has 2 aromatic carbocycles. The molecule has 27 heavy (non-hydrogen) atoms. The van der Waals surface area contributed by atoms with Crippen molar-refractivity contribution >= 4 is 11.5 Å². The Bertz CT molecular complexity index is 983. The Morgan fingerprint density at radius 2 is 1.85 bits per heavy atom. The molecule has 0 saturated heterocycles. The van der Waals surface area contributed by atoms with E-state index in [1.807, 2.05) is 0 Å². The maximum Gasteiger partial charge on any atom is 0.423 e.